The molecule has 0 N–H and O–H groups in total. The van der Waals surface area contributed by atoms with E-state index in [9.17, 15) is 14.0 Å². The van der Waals surface area contributed by atoms with Crippen LogP contribution in [0.3, 0.4) is 0 Å². The highest BCUT2D eigenvalue weighted by atomic mass is 19.1. The fourth-order valence-corrected chi connectivity index (χ4v) is 4.30. The number of halogens is 1. The Bertz CT molecular complexity index is 953. The maximum atomic E-state index is 14.5. The van der Waals surface area contributed by atoms with Gasteiger partial charge < -0.3 is 9.47 Å². The third-order valence-electron chi connectivity index (χ3n) is 6.38. The van der Waals surface area contributed by atoms with Crippen molar-refractivity contribution in [2.45, 2.75) is 84.2 Å². The van der Waals surface area contributed by atoms with Crippen LogP contribution >= 0.6 is 0 Å². The Balaban J connectivity index is 1.60. The molecule has 0 aromatic heterocycles. The highest BCUT2D eigenvalue weighted by molar-refractivity contribution is 5.88. The molecule has 1 saturated heterocycles. The lowest BCUT2D eigenvalue weighted by Gasteiger charge is -2.20. The van der Waals surface area contributed by atoms with Crippen molar-refractivity contribution in [3.8, 4) is 16.9 Å². The number of esters is 2. The van der Waals surface area contributed by atoms with Crippen LogP contribution in [0.25, 0.3) is 11.1 Å². The second kappa shape index (κ2) is 11.4. The van der Waals surface area contributed by atoms with Gasteiger partial charge >= 0.3 is 11.9 Å². The monoisotopic (exact) mass is 454 g/mol. The molecule has 1 aliphatic rings. The predicted octanol–water partition coefficient (Wildman–Crippen LogP) is 7.03. The summed E-state index contributed by atoms with van der Waals surface area (Å²) in [6.07, 6.45) is 8.19. The van der Waals surface area contributed by atoms with Crippen LogP contribution in [-0.4, -0.2) is 17.5 Å². The van der Waals surface area contributed by atoms with E-state index in [2.05, 4.69) is 13.8 Å². The maximum Gasteiger partial charge on any atom is 0.355 e. The van der Waals surface area contributed by atoms with Crippen molar-refractivity contribution in [1.29, 1.82) is 0 Å². The third kappa shape index (κ3) is 6.43. The lowest BCUT2D eigenvalue weighted by molar-refractivity contribution is -0.166. The van der Waals surface area contributed by atoms with Crippen LogP contribution in [0, 0.1) is 11.7 Å². The molecule has 0 amide bonds. The summed E-state index contributed by atoms with van der Waals surface area (Å²) in [7, 11) is 0. The number of unbranched alkanes of at least 4 members (excludes halogenated alkanes) is 4. The molecule has 2 aromatic rings. The molecule has 2 atom stereocenters. The van der Waals surface area contributed by atoms with Gasteiger partial charge in [0.1, 0.15) is 11.6 Å². The molecule has 0 spiro atoms. The molecule has 0 saturated carbocycles. The average molecular weight is 455 g/mol. The summed E-state index contributed by atoms with van der Waals surface area (Å²) in [6.45, 7) is 5.84. The van der Waals surface area contributed by atoms with Gasteiger partial charge in [-0.3, -0.25) is 4.79 Å². The predicted molar refractivity (Wildman–Crippen MR) is 127 cm³/mol. The number of carbonyl (C=O) groups excluding carboxylic acids is 2. The summed E-state index contributed by atoms with van der Waals surface area (Å²) in [5.41, 5.74) is 1.10. The van der Waals surface area contributed by atoms with Crippen LogP contribution in [0.5, 0.6) is 5.75 Å². The fraction of sp³-hybridized carbons (Fsp3) is 0.500. The maximum absolute atomic E-state index is 14.5. The van der Waals surface area contributed by atoms with E-state index in [4.69, 9.17) is 9.47 Å². The first-order chi connectivity index (χ1) is 15.9. The molecule has 2 aromatic carbocycles. The number of cyclic esters (lactones) is 1. The van der Waals surface area contributed by atoms with Gasteiger partial charge in [0.15, 0.2) is 0 Å². The normalized spacial score (nSPS) is 20.0. The Hall–Kier alpha value is -2.69. The highest BCUT2D eigenvalue weighted by Crippen LogP contribution is 2.35. The fourth-order valence-electron chi connectivity index (χ4n) is 4.30. The van der Waals surface area contributed by atoms with E-state index in [1.807, 2.05) is 12.1 Å². The highest BCUT2D eigenvalue weighted by Gasteiger charge is 2.49. The van der Waals surface area contributed by atoms with Gasteiger partial charge in [0.25, 0.3) is 0 Å². The number of ether oxygens (including phenoxy) is 2. The van der Waals surface area contributed by atoms with Gasteiger partial charge in [-0.15, -0.1) is 0 Å². The quantitative estimate of drug-likeness (QED) is 0.208. The topological polar surface area (TPSA) is 52.6 Å². The molecule has 178 valence electrons. The standard InChI is InChI=1S/C28H35FO4/c1-4-6-8-9-11-21-12-13-22(18-25(21)29)20-14-16-24(17-15-20)32-27(31)28(3)19-23(10-7-5-2)26(30)33-28/h12-18,23H,4-11,19H2,1-3H3/t23?,28-/m0/s1. The molecule has 4 nitrogen and oxygen atoms in total. The first kappa shape index (κ1) is 24.9. The number of benzene rings is 2. The van der Waals surface area contributed by atoms with Crippen molar-refractivity contribution < 1.29 is 23.5 Å². The van der Waals surface area contributed by atoms with E-state index in [1.165, 1.54) is 6.42 Å². The second-order valence-electron chi connectivity index (χ2n) is 9.23. The van der Waals surface area contributed by atoms with Crippen LogP contribution < -0.4 is 4.74 Å². The second-order valence-corrected chi connectivity index (χ2v) is 9.23. The van der Waals surface area contributed by atoms with Crippen LogP contribution in [0.4, 0.5) is 4.39 Å². The lowest BCUT2D eigenvalue weighted by atomic mass is 9.92. The zero-order chi connectivity index (χ0) is 23.8. The van der Waals surface area contributed by atoms with Gasteiger partial charge in [0.2, 0.25) is 5.60 Å². The number of hydrogen-bond donors (Lipinski definition) is 0. The van der Waals surface area contributed by atoms with Gasteiger partial charge in [-0.05, 0) is 61.1 Å². The number of carbonyl (C=O) groups is 2. The smallest absolute Gasteiger partial charge is 0.355 e. The van der Waals surface area contributed by atoms with Gasteiger partial charge in [-0.1, -0.05) is 70.2 Å². The number of aryl methyl sites for hydroxylation is 1. The van der Waals surface area contributed by atoms with E-state index in [-0.39, 0.29) is 17.7 Å². The molecule has 1 unspecified atom stereocenters. The first-order valence-corrected chi connectivity index (χ1v) is 12.2. The average Bonchev–Trinajstić information content (AvgIpc) is 3.11. The van der Waals surface area contributed by atoms with Crippen LogP contribution in [0.2, 0.25) is 0 Å². The van der Waals surface area contributed by atoms with E-state index in [0.717, 1.165) is 61.6 Å². The minimum atomic E-state index is -1.26. The zero-order valence-electron chi connectivity index (χ0n) is 20.0. The molecule has 0 aliphatic carbocycles. The first-order valence-electron chi connectivity index (χ1n) is 12.2. The summed E-state index contributed by atoms with van der Waals surface area (Å²) in [5.74, 6) is -0.969. The van der Waals surface area contributed by atoms with Crippen molar-refractivity contribution >= 4 is 11.9 Å². The van der Waals surface area contributed by atoms with Gasteiger partial charge in [-0.25, -0.2) is 9.18 Å². The van der Waals surface area contributed by atoms with E-state index in [0.29, 0.717) is 12.2 Å². The van der Waals surface area contributed by atoms with E-state index in [1.54, 1.807) is 37.3 Å². The molecule has 1 aliphatic heterocycles. The van der Waals surface area contributed by atoms with E-state index >= 15 is 0 Å². The molecule has 0 bridgehead atoms. The summed E-state index contributed by atoms with van der Waals surface area (Å²) in [6, 6.07) is 12.3. The van der Waals surface area contributed by atoms with Crippen molar-refractivity contribution in [3.63, 3.8) is 0 Å². The Labute approximate surface area is 196 Å². The summed E-state index contributed by atoms with van der Waals surface area (Å²) >= 11 is 0. The Kier molecular flexibility index (Phi) is 8.65. The molecule has 33 heavy (non-hydrogen) atoms. The third-order valence-corrected chi connectivity index (χ3v) is 6.38. The van der Waals surface area contributed by atoms with Crippen molar-refractivity contribution in [2.24, 2.45) is 5.92 Å². The Morgan fingerprint density at radius 2 is 1.73 bits per heavy atom. The largest absolute Gasteiger partial charge is 0.447 e. The number of hydrogen-bond acceptors (Lipinski definition) is 4. The van der Waals surface area contributed by atoms with Crippen LogP contribution in [0.1, 0.15) is 77.7 Å². The minimum absolute atomic E-state index is 0.187. The molecule has 0 radical (unpaired) electrons. The summed E-state index contributed by atoms with van der Waals surface area (Å²) < 4.78 is 25.4. The Morgan fingerprint density at radius 3 is 2.39 bits per heavy atom. The SMILES string of the molecule is CCCCCCc1ccc(-c2ccc(OC(=O)[C@]3(C)CC(CCCC)C(=O)O3)cc2)cc1F. The van der Waals surface area contributed by atoms with Crippen molar-refractivity contribution in [3.05, 3.63) is 53.8 Å². The molecular formula is C28H35FO4. The zero-order valence-corrected chi connectivity index (χ0v) is 20.0. The van der Waals surface area contributed by atoms with Crippen molar-refractivity contribution in [1.82, 2.24) is 0 Å². The Morgan fingerprint density at radius 1 is 1.03 bits per heavy atom. The number of rotatable bonds is 11. The van der Waals surface area contributed by atoms with Crippen LogP contribution in [-0.2, 0) is 20.7 Å². The van der Waals surface area contributed by atoms with E-state index < -0.39 is 11.6 Å². The van der Waals surface area contributed by atoms with Gasteiger partial charge in [0, 0.05) is 6.42 Å². The molecular weight excluding hydrogens is 419 g/mol. The summed E-state index contributed by atoms with van der Waals surface area (Å²) in [5, 5.41) is 0. The molecule has 5 heteroatoms. The van der Waals surface area contributed by atoms with Crippen molar-refractivity contribution in [2.75, 3.05) is 0 Å². The van der Waals surface area contributed by atoms with Gasteiger partial charge in [-0.2, -0.15) is 0 Å². The summed E-state index contributed by atoms with van der Waals surface area (Å²) in [4.78, 5) is 24.8. The molecule has 3 rings (SSSR count). The molecule has 1 fully saturated rings. The van der Waals surface area contributed by atoms with Gasteiger partial charge in [0.05, 0.1) is 5.92 Å². The van der Waals surface area contributed by atoms with Crippen LogP contribution in [0.15, 0.2) is 42.5 Å². The minimum Gasteiger partial charge on any atom is -0.447 e. The lowest BCUT2D eigenvalue weighted by Crippen LogP contribution is -2.38. The molecule has 1 heterocycles.